The number of nitrogens with zero attached hydrogens (tertiary/aromatic N) is 4. The van der Waals surface area contributed by atoms with Crippen molar-refractivity contribution in [1.82, 2.24) is 9.97 Å². The van der Waals surface area contributed by atoms with Crippen LogP contribution in [0.25, 0.3) is 0 Å². The van der Waals surface area contributed by atoms with Crippen molar-refractivity contribution in [2.45, 2.75) is 13.0 Å². The summed E-state index contributed by atoms with van der Waals surface area (Å²) in [5, 5.41) is 11.8. The molecule has 0 aromatic carbocycles. The maximum absolute atomic E-state index is 8.82. The molecular weight excluding hydrogens is 250 g/mol. The molecule has 0 atom stereocenters. The van der Waals surface area contributed by atoms with Crippen LogP contribution in [0.2, 0.25) is 0 Å². The summed E-state index contributed by atoms with van der Waals surface area (Å²) in [7, 11) is 1.84. The normalized spacial score (nSPS) is 9.80. The van der Waals surface area contributed by atoms with E-state index < -0.39 is 0 Å². The molecule has 0 bridgehead atoms. The standard InChI is InChI=1S/C15H17N5/c1-17-15-10-14(5-8-19-15)20(9-3-6-16)12-13-4-2-7-18-11-13/h2,4-5,7-8,10-11H,3,9,12H2,1H3,(H,17,19). The summed E-state index contributed by atoms with van der Waals surface area (Å²) in [5.41, 5.74) is 2.16. The molecule has 0 radical (unpaired) electrons. The maximum Gasteiger partial charge on any atom is 0.127 e. The molecule has 20 heavy (non-hydrogen) atoms. The molecule has 0 amide bonds. The Morgan fingerprint density at radius 3 is 2.95 bits per heavy atom. The van der Waals surface area contributed by atoms with Crippen LogP contribution in [0.3, 0.4) is 0 Å². The van der Waals surface area contributed by atoms with Crippen LogP contribution >= 0.6 is 0 Å². The van der Waals surface area contributed by atoms with Crippen LogP contribution in [0.4, 0.5) is 11.5 Å². The van der Waals surface area contributed by atoms with Gasteiger partial charge in [0.25, 0.3) is 0 Å². The van der Waals surface area contributed by atoms with Crippen molar-refractivity contribution in [1.29, 1.82) is 5.26 Å². The largest absolute Gasteiger partial charge is 0.373 e. The van der Waals surface area contributed by atoms with Gasteiger partial charge in [0.05, 0.1) is 12.5 Å². The highest BCUT2D eigenvalue weighted by Gasteiger charge is 2.08. The van der Waals surface area contributed by atoms with E-state index in [9.17, 15) is 0 Å². The smallest absolute Gasteiger partial charge is 0.127 e. The van der Waals surface area contributed by atoms with Gasteiger partial charge in [-0.25, -0.2) is 4.98 Å². The van der Waals surface area contributed by atoms with Crippen molar-refractivity contribution < 1.29 is 0 Å². The van der Waals surface area contributed by atoms with E-state index in [4.69, 9.17) is 5.26 Å². The van der Waals surface area contributed by atoms with Crippen LogP contribution in [0.1, 0.15) is 12.0 Å². The minimum Gasteiger partial charge on any atom is -0.373 e. The SMILES string of the molecule is CNc1cc(N(CCC#N)Cc2cccnc2)ccn1. The van der Waals surface area contributed by atoms with Gasteiger partial charge in [0.15, 0.2) is 0 Å². The summed E-state index contributed by atoms with van der Waals surface area (Å²) in [4.78, 5) is 10.5. The van der Waals surface area contributed by atoms with Crippen molar-refractivity contribution >= 4 is 11.5 Å². The fraction of sp³-hybridized carbons (Fsp3) is 0.267. The Balaban J connectivity index is 2.20. The van der Waals surface area contributed by atoms with Gasteiger partial charge in [0.1, 0.15) is 5.82 Å². The Morgan fingerprint density at radius 1 is 1.35 bits per heavy atom. The van der Waals surface area contributed by atoms with Crippen LogP contribution in [-0.4, -0.2) is 23.6 Å². The number of aromatic nitrogens is 2. The molecule has 0 fully saturated rings. The molecule has 0 saturated carbocycles. The monoisotopic (exact) mass is 267 g/mol. The van der Waals surface area contributed by atoms with Crippen molar-refractivity contribution in [3.05, 3.63) is 48.4 Å². The van der Waals surface area contributed by atoms with Crippen LogP contribution in [0, 0.1) is 11.3 Å². The lowest BCUT2D eigenvalue weighted by Crippen LogP contribution is -2.23. The van der Waals surface area contributed by atoms with Gasteiger partial charge in [-0.1, -0.05) is 6.07 Å². The zero-order valence-corrected chi connectivity index (χ0v) is 11.5. The van der Waals surface area contributed by atoms with Crippen molar-refractivity contribution in [3.8, 4) is 6.07 Å². The first-order chi connectivity index (χ1) is 9.83. The van der Waals surface area contributed by atoms with E-state index in [0.717, 1.165) is 23.6 Å². The second-order valence-corrected chi connectivity index (χ2v) is 4.34. The fourth-order valence-electron chi connectivity index (χ4n) is 1.95. The molecule has 0 aliphatic heterocycles. The highest BCUT2D eigenvalue weighted by molar-refractivity contribution is 5.54. The number of hydrogen-bond donors (Lipinski definition) is 1. The highest BCUT2D eigenvalue weighted by atomic mass is 15.1. The van der Waals surface area contributed by atoms with Gasteiger partial charge in [-0.3, -0.25) is 4.98 Å². The number of rotatable bonds is 6. The summed E-state index contributed by atoms with van der Waals surface area (Å²) < 4.78 is 0. The topological polar surface area (TPSA) is 64.8 Å². The van der Waals surface area contributed by atoms with E-state index in [-0.39, 0.29) is 0 Å². The lowest BCUT2D eigenvalue weighted by Gasteiger charge is -2.24. The van der Waals surface area contributed by atoms with Gasteiger partial charge in [-0.05, 0) is 17.7 Å². The van der Waals surface area contributed by atoms with Gasteiger partial charge in [0.2, 0.25) is 0 Å². The first-order valence-corrected chi connectivity index (χ1v) is 6.48. The molecule has 0 spiro atoms. The summed E-state index contributed by atoms with van der Waals surface area (Å²) in [6, 6.07) is 10.1. The summed E-state index contributed by atoms with van der Waals surface area (Å²) in [6.07, 6.45) is 5.86. The lowest BCUT2D eigenvalue weighted by molar-refractivity contribution is 0.794. The van der Waals surface area contributed by atoms with Crippen molar-refractivity contribution in [3.63, 3.8) is 0 Å². The number of nitrogens with one attached hydrogen (secondary N) is 1. The molecule has 5 nitrogen and oxygen atoms in total. The van der Waals surface area contributed by atoms with Crippen LogP contribution < -0.4 is 10.2 Å². The number of hydrogen-bond acceptors (Lipinski definition) is 5. The molecular formula is C15H17N5. The van der Waals surface area contributed by atoms with E-state index in [2.05, 4.69) is 26.3 Å². The zero-order valence-electron chi connectivity index (χ0n) is 11.5. The maximum atomic E-state index is 8.82. The highest BCUT2D eigenvalue weighted by Crippen LogP contribution is 2.19. The Hall–Kier alpha value is -2.61. The van der Waals surface area contributed by atoms with Crippen molar-refractivity contribution in [2.24, 2.45) is 0 Å². The fourth-order valence-corrected chi connectivity index (χ4v) is 1.95. The minimum absolute atomic E-state index is 0.484. The number of anilines is 2. The quantitative estimate of drug-likeness (QED) is 0.870. The molecule has 2 heterocycles. The molecule has 2 rings (SSSR count). The second kappa shape index (κ2) is 7.10. The summed E-state index contributed by atoms with van der Waals surface area (Å²) in [5.74, 6) is 0.815. The van der Waals surface area contributed by atoms with E-state index in [1.807, 2.05) is 37.5 Å². The third-order valence-corrected chi connectivity index (χ3v) is 2.95. The zero-order chi connectivity index (χ0) is 14.2. The molecule has 0 aliphatic rings. The first-order valence-electron chi connectivity index (χ1n) is 6.48. The van der Waals surface area contributed by atoms with Crippen LogP contribution in [0.5, 0.6) is 0 Å². The summed E-state index contributed by atoms with van der Waals surface area (Å²) in [6.45, 7) is 1.40. The summed E-state index contributed by atoms with van der Waals surface area (Å²) >= 11 is 0. The lowest BCUT2D eigenvalue weighted by atomic mass is 10.2. The first kappa shape index (κ1) is 13.8. The van der Waals surface area contributed by atoms with E-state index in [1.54, 1.807) is 12.4 Å². The van der Waals surface area contributed by atoms with Gasteiger partial charge < -0.3 is 10.2 Å². The average molecular weight is 267 g/mol. The molecule has 0 unspecified atom stereocenters. The third kappa shape index (κ3) is 3.69. The van der Waals surface area contributed by atoms with Gasteiger partial charge >= 0.3 is 0 Å². The van der Waals surface area contributed by atoms with E-state index >= 15 is 0 Å². The minimum atomic E-state index is 0.484. The van der Waals surface area contributed by atoms with E-state index in [1.165, 1.54) is 0 Å². The van der Waals surface area contributed by atoms with E-state index in [0.29, 0.717) is 13.0 Å². The Labute approximate surface area is 118 Å². The predicted molar refractivity (Wildman–Crippen MR) is 79.3 cm³/mol. The third-order valence-electron chi connectivity index (χ3n) is 2.95. The van der Waals surface area contributed by atoms with Gasteiger partial charge in [0, 0.05) is 50.5 Å². The Morgan fingerprint density at radius 2 is 2.25 bits per heavy atom. The Bertz CT molecular complexity index is 576. The van der Waals surface area contributed by atoms with Gasteiger partial charge in [-0.2, -0.15) is 5.26 Å². The molecule has 1 N–H and O–H groups in total. The molecule has 0 saturated heterocycles. The predicted octanol–water partition coefficient (Wildman–Crippen LogP) is 2.44. The Kier molecular flexibility index (Phi) is 4.90. The van der Waals surface area contributed by atoms with Gasteiger partial charge in [-0.15, -0.1) is 0 Å². The molecule has 0 aliphatic carbocycles. The number of nitriles is 1. The second-order valence-electron chi connectivity index (χ2n) is 4.34. The molecule has 102 valence electrons. The molecule has 5 heteroatoms. The van der Waals surface area contributed by atoms with Crippen molar-refractivity contribution in [2.75, 3.05) is 23.8 Å². The molecule has 2 aromatic heterocycles. The number of pyridine rings is 2. The van der Waals surface area contributed by atoms with Crippen LogP contribution in [0.15, 0.2) is 42.9 Å². The average Bonchev–Trinajstić information content (AvgIpc) is 2.52. The van der Waals surface area contributed by atoms with Crippen LogP contribution in [-0.2, 0) is 6.54 Å². The molecule has 2 aromatic rings.